The molecule has 0 aliphatic heterocycles. The van der Waals surface area contributed by atoms with Crippen molar-refractivity contribution in [1.82, 2.24) is 4.98 Å². The minimum absolute atomic E-state index is 0.00472. The van der Waals surface area contributed by atoms with E-state index in [9.17, 15) is 21.6 Å². The molecule has 10 heteroatoms. The molecule has 0 radical (unpaired) electrons. The van der Waals surface area contributed by atoms with Crippen LogP contribution >= 0.6 is 22.9 Å². The summed E-state index contributed by atoms with van der Waals surface area (Å²) in [5.74, 6) is 0. The van der Waals surface area contributed by atoms with Crippen LogP contribution < -0.4 is 4.72 Å². The summed E-state index contributed by atoms with van der Waals surface area (Å²) in [6.45, 7) is 6.29. The number of benzene rings is 2. The van der Waals surface area contributed by atoms with Gasteiger partial charge in [-0.15, -0.1) is 11.3 Å². The maximum absolute atomic E-state index is 13.0. The summed E-state index contributed by atoms with van der Waals surface area (Å²) >= 11 is 6.59. The fourth-order valence-electron chi connectivity index (χ4n) is 2.66. The van der Waals surface area contributed by atoms with Gasteiger partial charge in [0.15, 0.2) is 5.13 Å². The highest BCUT2D eigenvalue weighted by Gasteiger charge is 2.34. The molecule has 0 saturated heterocycles. The van der Waals surface area contributed by atoms with Gasteiger partial charge in [-0.25, -0.2) is 13.4 Å². The van der Waals surface area contributed by atoms with E-state index in [1.165, 1.54) is 0 Å². The zero-order valence-electron chi connectivity index (χ0n) is 16.2. The predicted octanol–water partition coefficient (Wildman–Crippen LogP) is 6.58. The molecule has 0 atom stereocenters. The Labute approximate surface area is 181 Å². The number of halogens is 4. The Morgan fingerprint density at radius 1 is 1.03 bits per heavy atom. The molecule has 0 aliphatic rings. The van der Waals surface area contributed by atoms with Crippen molar-refractivity contribution in [1.29, 1.82) is 0 Å². The van der Waals surface area contributed by atoms with Crippen LogP contribution in [0.4, 0.5) is 18.3 Å². The molecule has 0 spiro atoms. The molecule has 0 unspecified atom stereocenters. The Hall–Kier alpha value is -2.10. The van der Waals surface area contributed by atoms with Gasteiger partial charge < -0.3 is 0 Å². The van der Waals surface area contributed by atoms with E-state index >= 15 is 0 Å². The average Bonchev–Trinajstić information content (AvgIpc) is 3.08. The maximum Gasteiger partial charge on any atom is 0.417 e. The molecule has 0 bridgehead atoms. The van der Waals surface area contributed by atoms with E-state index in [4.69, 9.17) is 11.6 Å². The van der Waals surface area contributed by atoms with Crippen LogP contribution in [0, 0.1) is 0 Å². The Morgan fingerprint density at radius 2 is 1.67 bits per heavy atom. The lowest BCUT2D eigenvalue weighted by molar-refractivity contribution is -0.137. The molecular formula is C20H18ClF3N2O2S2. The summed E-state index contributed by atoms with van der Waals surface area (Å²) in [5, 5.41) is 1.15. The molecule has 0 aliphatic carbocycles. The SMILES string of the molecule is CC(C)(C)c1ccc(-c2csc(NS(=O)(=O)c3ccc(Cl)c(C(F)(F)F)c3)n2)cc1. The highest BCUT2D eigenvalue weighted by atomic mass is 35.5. The predicted molar refractivity (Wildman–Crippen MR) is 114 cm³/mol. The van der Waals surface area contributed by atoms with Crippen LogP contribution in [-0.2, 0) is 21.6 Å². The Kier molecular flexibility index (Phi) is 5.92. The van der Waals surface area contributed by atoms with Crippen LogP contribution in [0.2, 0.25) is 5.02 Å². The fourth-order valence-corrected chi connectivity index (χ4v) is 4.88. The number of rotatable bonds is 4. The molecular weight excluding hydrogens is 457 g/mol. The summed E-state index contributed by atoms with van der Waals surface area (Å²) in [5.41, 5.74) is 1.28. The van der Waals surface area contributed by atoms with Gasteiger partial charge >= 0.3 is 6.18 Å². The topological polar surface area (TPSA) is 59.1 Å². The molecule has 30 heavy (non-hydrogen) atoms. The molecule has 0 amide bonds. The van der Waals surface area contributed by atoms with E-state index in [-0.39, 0.29) is 10.5 Å². The molecule has 1 aromatic heterocycles. The van der Waals surface area contributed by atoms with Gasteiger partial charge in [0, 0.05) is 10.9 Å². The third kappa shape index (κ3) is 4.96. The van der Waals surface area contributed by atoms with Crippen LogP contribution in [0.15, 0.2) is 52.7 Å². The highest BCUT2D eigenvalue weighted by Crippen LogP contribution is 2.36. The number of thiazole rings is 1. The van der Waals surface area contributed by atoms with E-state index < -0.39 is 31.7 Å². The minimum atomic E-state index is -4.77. The summed E-state index contributed by atoms with van der Waals surface area (Å²) in [7, 11) is -4.27. The lowest BCUT2D eigenvalue weighted by atomic mass is 9.86. The quantitative estimate of drug-likeness (QED) is 0.464. The number of nitrogens with zero attached hydrogens (tertiary/aromatic N) is 1. The second-order valence-corrected chi connectivity index (χ2v) is 10.6. The van der Waals surface area contributed by atoms with Gasteiger partial charge in [0.2, 0.25) is 0 Å². The van der Waals surface area contributed by atoms with Crippen LogP contribution in [0.25, 0.3) is 11.3 Å². The lowest BCUT2D eigenvalue weighted by Gasteiger charge is -2.18. The van der Waals surface area contributed by atoms with E-state index in [1.54, 1.807) is 5.38 Å². The van der Waals surface area contributed by atoms with E-state index in [0.29, 0.717) is 11.8 Å². The molecule has 160 valence electrons. The molecule has 2 aromatic carbocycles. The van der Waals surface area contributed by atoms with Crippen LogP contribution in [-0.4, -0.2) is 13.4 Å². The van der Waals surface area contributed by atoms with Crippen molar-refractivity contribution in [2.45, 2.75) is 37.3 Å². The minimum Gasteiger partial charge on any atom is -0.255 e. The largest absolute Gasteiger partial charge is 0.417 e. The molecule has 3 aromatic rings. The first-order valence-corrected chi connectivity index (χ1v) is 11.5. The van der Waals surface area contributed by atoms with Crippen molar-refractivity contribution in [3.05, 3.63) is 64.0 Å². The number of sulfonamides is 1. The molecule has 0 fully saturated rings. The van der Waals surface area contributed by atoms with Gasteiger partial charge in [0.1, 0.15) is 0 Å². The first-order chi connectivity index (χ1) is 13.8. The van der Waals surface area contributed by atoms with Gasteiger partial charge in [-0.2, -0.15) is 13.2 Å². The molecule has 0 saturated carbocycles. The van der Waals surface area contributed by atoms with Crippen LogP contribution in [0.1, 0.15) is 31.9 Å². The second kappa shape index (κ2) is 7.86. The second-order valence-electron chi connectivity index (χ2n) is 7.61. The zero-order valence-corrected chi connectivity index (χ0v) is 18.6. The van der Waals surface area contributed by atoms with E-state index in [0.717, 1.165) is 34.6 Å². The van der Waals surface area contributed by atoms with E-state index in [2.05, 4.69) is 30.5 Å². The van der Waals surface area contributed by atoms with Gasteiger partial charge in [-0.3, -0.25) is 4.72 Å². The van der Waals surface area contributed by atoms with Crippen molar-refractivity contribution in [2.75, 3.05) is 4.72 Å². The smallest absolute Gasteiger partial charge is 0.255 e. The third-order valence-corrected chi connectivity index (χ3v) is 6.88. The highest BCUT2D eigenvalue weighted by molar-refractivity contribution is 7.93. The summed E-state index contributed by atoms with van der Waals surface area (Å²) in [6, 6.07) is 10.2. The summed E-state index contributed by atoms with van der Waals surface area (Å²) in [6.07, 6.45) is -4.77. The van der Waals surface area contributed by atoms with Crippen molar-refractivity contribution in [2.24, 2.45) is 0 Å². The van der Waals surface area contributed by atoms with Gasteiger partial charge in [0.05, 0.1) is 21.2 Å². The third-order valence-electron chi connectivity index (χ3n) is 4.33. The normalized spacial score (nSPS) is 12.8. The molecule has 1 N–H and O–H groups in total. The number of aromatic nitrogens is 1. The Morgan fingerprint density at radius 3 is 2.23 bits per heavy atom. The maximum atomic E-state index is 13.0. The molecule has 3 rings (SSSR count). The number of hydrogen-bond donors (Lipinski definition) is 1. The number of anilines is 1. The number of nitrogens with one attached hydrogen (secondary N) is 1. The monoisotopic (exact) mass is 474 g/mol. The van der Waals surface area contributed by atoms with Gasteiger partial charge in [-0.1, -0.05) is 56.6 Å². The first kappa shape index (κ1) is 22.6. The van der Waals surface area contributed by atoms with Crippen LogP contribution in [0.5, 0.6) is 0 Å². The van der Waals surface area contributed by atoms with Crippen molar-refractivity contribution >= 4 is 38.1 Å². The Balaban J connectivity index is 1.85. The summed E-state index contributed by atoms with van der Waals surface area (Å²) < 4.78 is 66.4. The van der Waals surface area contributed by atoms with Gasteiger partial charge in [-0.05, 0) is 29.2 Å². The van der Waals surface area contributed by atoms with E-state index in [1.807, 2.05) is 24.3 Å². The lowest BCUT2D eigenvalue weighted by Crippen LogP contribution is -2.15. The summed E-state index contributed by atoms with van der Waals surface area (Å²) in [4.78, 5) is 3.70. The first-order valence-electron chi connectivity index (χ1n) is 8.73. The fraction of sp³-hybridized carbons (Fsp3) is 0.250. The molecule has 1 heterocycles. The van der Waals surface area contributed by atoms with Gasteiger partial charge in [0.25, 0.3) is 10.0 Å². The standard InChI is InChI=1S/C20H18ClF3N2O2S2/c1-19(2,3)13-6-4-12(5-7-13)17-11-29-18(25-17)26-30(27,28)14-8-9-16(21)15(10-14)20(22,23)24/h4-11H,1-3H3,(H,25,26). The van der Waals surface area contributed by atoms with Crippen LogP contribution in [0.3, 0.4) is 0 Å². The average molecular weight is 475 g/mol. The zero-order chi connectivity index (χ0) is 22.3. The Bertz CT molecular complexity index is 1170. The number of hydrogen-bond acceptors (Lipinski definition) is 4. The van der Waals surface area contributed by atoms with Crippen molar-refractivity contribution in [3.63, 3.8) is 0 Å². The van der Waals surface area contributed by atoms with Crippen molar-refractivity contribution in [3.8, 4) is 11.3 Å². The number of alkyl halides is 3. The van der Waals surface area contributed by atoms with Crippen molar-refractivity contribution < 1.29 is 21.6 Å². The molecule has 4 nitrogen and oxygen atoms in total.